The van der Waals surface area contributed by atoms with Crippen LogP contribution in [0.5, 0.6) is 5.75 Å². The molecule has 1 rings (SSSR count). The van der Waals surface area contributed by atoms with Gasteiger partial charge in [0.1, 0.15) is 18.5 Å². The van der Waals surface area contributed by atoms with Crippen molar-refractivity contribution in [1.82, 2.24) is 10.6 Å². The van der Waals surface area contributed by atoms with Gasteiger partial charge in [0.25, 0.3) is 0 Å². The van der Waals surface area contributed by atoms with E-state index in [-0.39, 0.29) is 31.9 Å². The lowest BCUT2D eigenvalue weighted by Crippen LogP contribution is -2.35. The number of rotatable bonds is 11. The molecule has 0 saturated carbocycles. The van der Waals surface area contributed by atoms with Crippen molar-refractivity contribution in [2.24, 2.45) is 0 Å². The van der Waals surface area contributed by atoms with Gasteiger partial charge in [0, 0.05) is 19.1 Å². The monoisotopic (exact) mass is 338 g/mol. The van der Waals surface area contributed by atoms with E-state index in [0.717, 1.165) is 5.56 Å². The van der Waals surface area contributed by atoms with Gasteiger partial charge in [-0.3, -0.25) is 9.59 Å². The summed E-state index contributed by atoms with van der Waals surface area (Å²) in [6.45, 7) is 4.78. The summed E-state index contributed by atoms with van der Waals surface area (Å²) in [4.78, 5) is 22.0. The van der Waals surface area contributed by atoms with E-state index in [1.807, 2.05) is 13.8 Å². The Bertz CT molecular complexity index is 516. The van der Waals surface area contributed by atoms with Gasteiger partial charge in [-0.2, -0.15) is 0 Å². The van der Waals surface area contributed by atoms with E-state index in [2.05, 4.69) is 10.6 Å². The van der Waals surface area contributed by atoms with Crippen molar-refractivity contribution < 1.29 is 24.5 Å². The van der Waals surface area contributed by atoms with Crippen LogP contribution in [0.1, 0.15) is 25.8 Å². The van der Waals surface area contributed by atoms with Crippen molar-refractivity contribution in [3.8, 4) is 5.75 Å². The molecule has 4 N–H and O–H groups in total. The molecule has 1 unspecified atom stereocenters. The van der Waals surface area contributed by atoms with E-state index in [9.17, 15) is 14.7 Å². The molecule has 0 aromatic heterocycles. The molecule has 24 heavy (non-hydrogen) atoms. The summed E-state index contributed by atoms with van der Waals surface area (Å²) in [6.07, 6.45) is -0.500. The van der Waals surface area contributed by atoms with E-state index in [1.165, 1.54) is 0 Å². The number of nitrogens with one attached hydrogen (secondary N) is 2. The fourth-order valence-corrected chi connectivity index (χ4v) is 1.88. The first-order valence-electron chi connectivity index (χ1n) is 7.98. The fourth-order valence-electron chi connectivity index (χ4n) is 1.88. The highest BCUT2D eigenvalue weighted by molar-refractivity contribution is 5.79. The molecule has 1 amide bonds. The summed E-state index contributed by atoms with van der Waals surface area (Å²) >= 11 is 0. The van der Waals surface area contributed by atoms with Gasteiger partial charge in [-0.05, 0) is 17.7 Å². The lowest BCUT2D eigenvalue weighted by molar-refractivity contribution is -0.136. The number of aliphatic hydroxyl groups excluding tert-OH is 1. The molecule has 1 atom stereocenters. The van der Waals surface area contributed by atoms with E-state index >= 15 is 0 Å². The van der Waals surface area contributed by atoms with Gasteiger partial charge >= 0.3 is 5.97 Å². The Kier molecular flexibility index (Phi) is 8.81. The molecule has 0 saturated heterocycles. The predicted octanol–water partition coefficient (Wildman–Crippen LogP) is 0.558. The lowest BCUT2D eigenvalue weighted by Gasteiger charge is -2.15. The molecule has 7 heteroatoms. The van der Waals surface area contributed by atoms with Crippen molar-refractivity contribution in [3.63, 3.8) is 0 Å². The maximum atomic E-state index is 11.6. The zero-order valence-electron chi connectivity index (χ0n) is 14.1. The highest BCUT2D eigenvalue weighted by atomic mass is 16.5. The topological polar surface area (TPSA) is 108 Å². The minimum atomic E-state index is -0.942. The van der Waals surface area contributed by atoms with E-state index in [4.69, 9.17) is 9.84 Å². The first-order chi connectivity index (χ1) is 11.4. The average molecular weight is 338 g/mol. The lowest BCUT2D eigenvalue weighted by atomic mass is 10.1. The third-order valence-electron chi connectivity index (χ3n) is 3.15. The molecule has 1 aromatic carbocycles. The maximum absolute atomic E-state index is 11.6. The summed E-state index contributed by atoms with van der Waals surface area (Å²) in [5.74, 6) is -0.545. The van der Waals surface area contributed by atoms with Gasteiger partial charge in [-0.25, -0.2) is 0 Å². The Morgan fingerprint density at radius 1 is 1.21 bits per heavy atom. The van der Waals surface area contributed by atoms with Gasteiger partial charge in [0.15, 0.2) is 0 Å². The molecule has 1 aromatic rings. The third kappa shape index (κ3) is 9.12. The molecule has 0 aliphatic carbocycles. The zero-order valence-corrected chi connectivity index (χ0v) is 14.1. The molecular weight excluding hydrogens is 312 g/mol. The largest absolute Gasteiger partial charge is 0.491 e. The second kappa shape index (κ2) is 10.6. The van der Waals surface area contributed by atoms with Crippen LogP contribution in [-0.2, 0) is 16.0 Å². The molecule has 134 valence electrons. The summed E-state index contributed by atoms with van der Waals surface area (Å²) in [6, 6.07) is 7.32. The number of carbonyl (C=O) groups excluding carboxylic acids is 1. The van der Waals surface area contributed by atoms with Gasteiger partial charge in [0.2, 0.25) is 5.91 Å². The van der Waals surface area contributed by atoms with Crippen LogP contribution in [-0.4, -0.2) is 53.9 Å². The molecule has 0 fully saturated rings. The van der Waals surface area contributed by atoms with Gasteiger partial charge in [0.05, 0.1) is 12.8 Å². The van der Waals surface area contributed by atoms with Gasteiger partial charge in [-0.15, -0.1) is 0 Å². The minimum absolute atomic E-state index is 0.0908. The maximum Gasteiger partial charge on any atom is 0.305 e. The first-order valence-corrected chi connectivity index (χ1v) is 7.98. The van der Waals surface area contributed by atoms with E-state index in [1.54, 1.807) is 24.3 Å². The Morgan fingerprint density at radius 3 is 2.46 bits per heavy atom. The predicted molar refractivity (Wildman–Crippen MR) is 90.0 cm³/mol. The number of aliphatic carboxylic acids is 1. The van der Waals surface area contributed by atoms with E-state index < -0.39 is 12.1 Å². The minimum Gasteiger partial charge on any atom is -0.491 e. The quantitative estimate of drug-likeness (QED) is 0.469. The highest BCUT2D eigenvalue weighted by Gasteiger charge is 2.07. The Hall–Kier alpha value is -2.12. The number of hydrogen-bond donors (Lipinski definition) is 4. The van der Waals surface area contributed by atoms with Gasteiger partial charge in [-0.1, -0.05) is 26.0 Å². The number of carboxylic acids is 1. The van der Waals surface area contributed by atoms with Crippen molar-refractivity contribution >= 4 is 11.9 Å². The van der Waals surface area contributed by atoms with Crippen LogP contribution < -0.4 is 15.4 Å². The van der Waals surface area contributed by atoms with Crippen LogP contribution in [0.25, 0.3) is 0 Å². The number of ether oxygens (including phenoxy) is 1. The number of aliphatic hydroxyl groups is 1. The molecule has 0 aliphatic heterocycles. The second-order valence-electron chi connectivity index (χ2n) is 5.84. The number of carboxylic acid groups (broad SMARTS) is 1. The Morgan fingerprint density at radius 2 is 1.88 bits per heavy atom. The molecule has 0 spiro atoms. The van der Waals surface area contributed by atoms with Crippen LogP contribution in [0.2, 0.25) is 0 Å². The smallest absolute Gasteiger partial charge is 0.305 e. The Labute approximate surface area is 142 Å². The number of amides is 1. The van der Waals surface area contributed by atoms with Crippen molar-refractivity contribution in [2.45, 2.75) is 38.8 Å². The normalized spacial score (nSPS) is 12.0. The van der Waals surface area contributed by atoms with Crippen LogP contribution in [0.4, 0.5) is 0 Å². The molecular formula is C17H26N2O5. The average Bonchev–Trinajstić information content (AvgIpc) is 2.51. The third-order valence-corrected chi connectivity index (χ3v) is 3.15. The van der Waals surface area contributed by atoms with Crippen LogP contribution >= 0.6 is 0 Å². The van der Waals surface area contributed by atoms with Gasteiger partial charge < -0.3 is 25.6 Å². The first kappa shape index (κ1) is 19.9. The van der Waals surface area contributed by atoms with Crippen LogP contribution in [0.15, 0.2) is 24.3 Å². The number of benzene rings is 1. The SMILES string of the molecule is CC(C)NCC(O)COc1ccc(CC(=O)NCCC(=O)O)cc1. The summed E-state index contributed by atoms with van der Waals surface area (Å²) in [5, 5.41) is 24.0. The Balaban J connectivity index is 2.32. The molecule has 0 heterocycles. The van der Waals surface area contributed by atoms with Crippen LogP contribution in [0.3, 0.4) is 0 Å². The summed E-state index contributed by atoms with van der Waals surface area (Å²) in [7, 11) is 0. The molecule has 7 nitrogen and oxygen atoms in total. The van der Waals surface area contributed by atoms with Crippen molar-refractivity contribution in [2.75, 3.05) is 19.7 Å². The van der Waals surface area contributed by atoms with Crippen LogP contribution in [0, 0.1) is 0 Å². The fraction of sp³-hybridized carbons (Fsp3) is 0.529. The summed E-state index contributed by atoms with van der Waals surface area (Å²) < 4.78 is 5.50. The zero-order chi connectivity index (χ0) is 17.9. The van der Waals surface area contributed by atoms with E-state index in [0.29, 0.717) is 18.3 Å². The number of hydrogen-bond acceptors (Lipinski definition) is 5. The molecule has 0 radical (unpaired) electrons. The summed E-state index contributed by atoms with van der Waals surface area (Å²) in [5.41, 5.74) is 0.803. The number of carbonyl (C=O) groups is 2. The second-order valence-corrected chi connectivity index (χ2v) is 5.84. The highest BCUT2D eigenvalue weighted by Crippen LogP contribution is 2.13. The molecule has 0 bridgehead atoms. The molecule has 0 aliphatic rings. The van der Waals surface area contributed by atoms with Crippen molar-refractivity contribution in [1.29, 1.82) is 0 Å². The van der Waals surface area contributed by atoms with Crippen molar-refractivity contribution in [3.05, 3.63) is 29.8 Å². The standard InChI is InChI=1S/C17H26N2O5/c1-12(2)19-10-14(20)11-24-15-5-3-13(4-6-15)9-16(21)18-8-7-17(22)23/h3-6,12,14,19-20H,7-11H2,1-2H3,(H,18,21)(H,22,23).